The molecule has 0 radical (unpaired) electrons. The summed E-state index contributed by atoms with van der Waals surface area (Å²) < 4.78 is 32.4. The normalized spacial score (nSPS) is 27.6. The predicted molar refractivity (Wildman–Crippen MR) is 69.8 cm³/mol. The molecule has 2 aliphatic carbocycles. The van der Waals surface area contributed by atoms with Gasteiger partial charge < -0.3 is 10.3 Å². The molecule has 5 heteroatoms. The van der Waals surface area contributed by atoms with Gasteiger partial charge in [0.15, 0.2) is 11.6 Å². The average molecular weight is 276 g/mol. The monoisotopic (exact) mass is 276 g/mol. The third-order valence-corrected chi connectivity index (χ3v) is 4.65. The van der Waals surface area contributed by atoms with E-state index in [0.717, 1.165) is 6.07 Å². The Bertz CT molecular complexity index is 673. The lowest BCUT2D eigenvalue weighted by atomic mass is 10.00. The summed E-state index contributed by atoms with van der Waals surface area (Å²) in [4.78, 5) is 0. The Morgan fingerprint density at radius 3 is 2.65 bits per heavy atom. The minimum atomic E-state index is -0.632. The molecular formula is C15H14F2N2O. The van der Waals surface area contributed by atoms with Gasteiger partial charge in [-0.2, -0.15) is 0 Å². The highest BCUT2D eigenvalue weighted by Gasteiger charge is 2.56. The number of benzene rings is 1. The first-order valence-electron chi connectivity index (χ1n) is 6.87. The van der Waals surface area contributed by atoms with E-state index in [2.05, 4.69) is 5.16 Å². The zero-order valence-electron chi connectivity index (χ0n) is 10.8. The van der Waals surface area contributed by atoms with E-state index < -0.39 is 11.6 Å². The number of hydrogen-bond acceptors (Lipinski definition) is 3. The smallest absolute Gasteiger partial charge is 0.175 e. The second-order valence-electron chi connectivity index (χ2n) is 5.72. The molecule has 2 atom stereocenters. The summed E-state index contributed by atoms with van der Waals surface area (Å²) in [7, 11) is 0. The van der Waals surface area contributed by atoms with Gasteiger partial charge in [0.05, 0.1) is 5.56 Å². The van der Waals surface area contributed by atoms with Gasteiger partial charge in [-0.25, -0.2) is 8.78 Å². The van der Waals surface area contributed by atoms with Gasteiger partial charge in [-0.3, -0.25) is 0 Å². The van der Waals surface area contributed by atoms with E-state index >= 15 is 0 Å². The summed E-state index contributed by atoms with van der Waals surface area (Å²) in [5, 5.41) is 3.79. The maximum Gasteiger partial charge on any atom is 0.175 e. The van der Waals surface area contributed by atoms with Crippen LogP contribution in [-0.2, 0) is 0 Å². The molecule has 0 aliphatic heterocycles. The highest BCUT2D eigenvalue weighted by Crippen LogP contribution is 2.64. The Hall–Kier alpha value is -1.91. The van der Waals surface area contributed by atoms with Gasteiger partial charge >= 0.3 is 0 Å². The Morgan fingerprint density at radius 2 is 1.95 bits per heavy atom. The third kappa shape index (κ3) is 1.58. The molecule has 2 saturated carbocycles. The molecule has 1 aromatic carbocycles. The molecule has 20 heavy (non-hydrogen) atoms. The standard InChI is InChI=1S/C15H14F2N2O/c16-7-4-5-10(11(17)6-7)13-14(20-19-15(13)18)12-8-2-1-3-9(8)12/h4-6,8-9,12H,1-3H2,(H2,18,19). The van der Waals surface area contributed by atoms with Crippen LogP contribution < -0.4 is 5.73 Å². The number of fused-ring (bicyclic) bond motifs is 1. The van der Waals surface area contributed by atoms with E-state index in [0.29, 0.717) is 29.1 Å². The second kappa shape index (κ2) is 4.04. The van der Waals surface area contributed by atoms with Crippen LogP contribution in [0.3, 0.4) is 0 Å². The summed E-state index contributed by atoms with van der Waals surface area (Å²) in [6.45, 7) is 0. The number of nitrogen functional groups attached to an aromatic ring is 1. The summed E-state index contributed by atoms with van der Waals surface area (Å²) in [5.41, 5.74) is 6.60. The number of nitrogens with two attached hydrogens (primary N) is 1. The SMILES string of the molecule is Nc1noc(C2C3CCCC32)c1-c1ccc(F)cc1F. The quantitative estimate of drug-likeness (QED) is 0.909. The largest absolute Gasteiger partial charge is 0.380 e. The fourth-order valence-electron chi connectivity index (χ4n) is 3.72. The Labute approximate surface area is 114 Å². The lowest BCUT2D eigenvalue weighted by Gasteiger charge is -2.05. The first-order chi connectivity index (χ1) is 9.66. The molecule has 3 nitrogen and oxygen atoms in total. The van der Waals surface area contributed by atoms with Crippen molar-refractivity contribution in [1.82, 2.24) is 5.16 Å². The van der Waals surface area contributed by atoms with Crippen LogP contribution in [0.25, 0.3) is 11.1 Å². The van der Waals surface area contributed by atoms with Crippen molar-refractivity contribution in [3.63, 3.8) is 0 Å². The molecule has 2 unspecified atom stereocenters. The van der Waals surface area contributed by atoms with E-state index in [4.69, 9.17) is 10.3 Å². The fraction of sp³-hybridized carbons (Fsp3) is 0.400. The van der Waals surface area contributed by atoms with Crippen LogP contribution in [0.1, 0.15) is 30.9 Å². The van der Waals surface area contributed by atoms with Crippen LogP contribution in [0.15, 0.2) is 22.7 Å². The Kier molecular flexibility index (Phi) is 2.40. The molecule has 4 rings (SSSR count). The van der Waals surface area contributed by atoms with E-state index in [1.54, 1.807) is 0 Å². The van der Waals surface area contributed by atoms with Gasteiger partial charge in [0, 0.05) is 17.5 Å². The molecule has 0 spiro atoms. The maximum absolute atomic E-state index is 14.0. The second-order valence-corrected chi connectivity index (χ2v) is 5.72. The van der Waals surface area contributed by atoms with Crippen LogP contribution in [0.2, 0.25) is 0 Å². The third-order valence-electron chi connectivity index (χ3n) is 4.65. The Morgan fingerprint density at radius 1 is 1.20 bits per heavy atom. The molecule has 104 valence electrons. The first kappa shape index (κ1) is 11.9. The van der Waals surface area contributed by atoms with Gasteiger partial charge in [0.1, 0.15) is 11.6 Å². The predicted octanol–water partition coefficient (Wildman–Crippen LogP) is 3.72. The molecule has 2 aromatic rings. The maximum atomic E-state index is 14.0. The lowest BCUT2D eigenvalue weighted by Crippen LogP contribution is -1.95. The van der Waals surface area contributed by atoms with Crippen molar-refractivity contribution in [3.8, 4) is 11.1 Å². The van der Waals surface area contributed by atoms with Crippen molar-refractivity contribution in [2.75, 3.05) is 5.73 Å². The molecule has 0 amide bonds. The summed E-state index contributed by atoms with van der Waals surface area (Å²) in [6.07, 6.45) is 3.61. The molecular weight excluding hydrogens is 262 g/mol. The van der Waals surface area contributed by atoms with E-state index in [-0.39, 0.29) is 11.4 Å². The van der Waals surface area contributed by atoms with Gasteiger partial charge in [-0.1, -0.05) is 11.6 Å². The lowest BCUT2D eigenvalue weighted by molar-refractivity contribution is 0.376. The van der Waals surface area contributed by atoms with E-state index in [9.17, 15) is 8.78 Å². The number of nitrogens with zero attached hydrogens (tertiary/aromatic N) is 1. The van der Waals surface area contributed by atoms with Gasteiger partial charge in [0.2, 0.25) is 0 Å². The number of aromatic nitrogens is 1. The first-order valence-corrected chi connectivity index (χ1v) is 6.87. The van der Waals surface area contributed by atoms with Gasteiger partial charge in [0.25, 0.3) is 0 Å². The summed E-state index contributed by atoms with van der Waals surface area (Å²) in [5.74, 6) is 1.14. The number of anilines is 1. The molecule has 0 saturated heterocycles. The molecule has 1 heterocycles. The molecule has 2 aliphatic rings. The van der Waals surface area contributed by atoms with E-state index in [1.165, 1.54) is 31.4 Å². The van der Waals surface area contributed by atoms with Crippen molar-refractivity contribution in [1.29, 1.82) is 0 Å². The molecule has 2 fully saturated rings. The van der Waals surface area contributed by atoms with Crippen molar-refractivity contribution in [3.05, 3.63) is 35.6 Å². The van der Waals surface area contributed by atoms with Crippen molar-refractivity contribution in [2.45, 2.75) is 25.2 Å². The van der Waals surface area contributed by atoms with Gasteiger partial charge in [-0.05, 0) is 36.8 Å². The average Bonchev–Trinajstić information content (AvgIpc) is 2.76. The fourth-order valence-corrected chi connectivity index (χ4v) is 3.72. The van der Waals surface area contributed by atoms with Crippen LogP contribution in [0.4, 0.5) is 14.6 Å². The van der Waals surface area contributed by atoms with Crippen molar-refractivity contribution in [2.24, 2.45) is 11.8 Å². The minimum absolute atomic E-state index is 0.176. The van der Waals surface area contributed by atoms with Gasteiger partial charge in [-0.15, -0.1) is 0 Å². The van der Waals surface area contributed by atoms with Crippen LogP contribution in [0.5, 0.6) is 0 Å². The van der Waals surface area contributed by atoms with Crippen molar-refractivity contribution < 1.29 is 13.3 Å². The van der Waals surface area contributed by atoms with E-state index in [1.807, 2.05) is 0 Å². The number of hydrogen-bond donors (Lipinski definition) is 1. The zero-order chi connectivity index (χ0) is 13.9. The highest BCUT2D eigenvalue weighted by atomic mass is 19.1. The van der Waals surface area contributed by atoms with Crippen LogP contribution in [-0.4, -0.2) is 5.16 Å². The number of halogens is 2. The zero-order valence-corrected chi connectivity index (χ0v) is 10.8. The summed E-state index contributed by atoms with van der Waals surface area (Å²) in [6, 6.07) is 3.48. The van der Waals surface area contributed by atoms with Crippen LogP contribution in [0, 0.1) is 23.5 Å². The number of rotatable bonds is 2. The van der Waals surface area contributed by atoms with Crippen LogP contribution >= 0.6 is 0 Å². The molecule has 0 bridgehead atoms. The summed E-state index contributed by atoms with van der Waals surface area (Å²) >= 11 is 0. The topological polar surface area (TPSA) is 52.0 Å². The Balaban J connectivity index is 1.80. The highest BCUT2D eigenvalue weighted by molar-refractivity contribution is 5.77. The molecule has 2 N–H and O–H groups in total. The minimum Gasteiger partial charge on any atom is -0.380 e. The van der Waals surface area contributed by atoms with Crippen molar-refractivity contribution >= 4 is 5.82 Å². The molecule has 1 aromatic heterocycles.